The lowest BCUT2D eigenvalue weighted by molar-refractivity contribution is -0.129. The van der Waals surface area contributed by atoms with Crippen LogP contribution in [-0.2, 0) is 11.3 Å². The number of tetrazole rings is 1. The minimum Gasteiger partial charge on any atom is -0.494 e. The zero-order valence-corrected chi connectivity index (χ0v) is 17.2. The van der Waals surface area contributed by atoms with Gasteiger partial charge in [-0.1, -0.05) is 48.2 Å². The standard InChI is InChI=1S/C20H23N5O2S/c1-14-10-11-18(27-4)17(12-14)25-20(21-22-23-25)28-15(2)19(26)24(3)13-16-8-6-5-7-9-16/h5-12,15H,13H2,1-4H3/t15-/m1/s1. The fourth-order valence-corrected chi connectivity index (χ4v) is 3.74. The number of rotatable bonds is 7. The zero-order chi connectivity index (χ0) is 20.1. The third-order valence-corrected chi connectivity index (χ3v) is 5.29. The number of amides is 1. The number of nitrogens with zero attached hydrogens (tertiary/aromatic N) is 5. The topological polar surface area (TPSA) is 73.1 Å². The number of ether oxygens (including phenoxy) is 1. The Bertz CT molecular complexity index is 945. The second-order valence-electron chi connectivity index (χ2n) is 6.49. The van der Waals surface area contributed by atoms with E-state index in [0.717, 1.165) is 16.8 Å². The van der Waals surface area contributed by atoms with Gasteiger partial charge in [0.2, 0.25) is 11.1 Å². The number of aryl methyl sites for hydroxylation is 1. The molecule has 1 aromatic heterocycles. The lowest BCUT2D eigenvalue weighted by Crippen LogP contribution is -2.33. The van der Waals surface area contributed by atoms with Crippen LogP contribution in [0.5, 0.6) is 5.75 Å². The van der Waals surface area contributed by atoms with Gasteiger partial charge < -0.3 is 9.64 Å². The second kappa shape index (κ2) is 8.88. The molecule has 0 unspecified atom stereocenters. The van der Waals surface area contributed by atoms with E-state index in [9.17, 15) is 4.79 Å². The molecule has 3 aromatic rings. The van der Waals surface area contributed by atoms with Gasteiger partial charge in [0.25, 0.3) is 0 Å². The highest BCUT2D eigenvalue weighted by atomic mass is 32.2. The van der Waals surface area contributed by atoms with E-state index in [1.165, 1.54) is 11.8 Å². The highest BCUT2D eigenvalue weighted by Gasteiger charge is 2.23. The molecule has 0 fully saturated rings. The van der Waals surface area contributed by atoms with E-state index in [2.05, 4.69) is 15.5 Å². The van der Waals surface area contributed by atoms with Gasteiger partial charge in [-0.05, 0) is 47.5 Å². The molecular formula is C20H23N5O2S. The van der Waals surface area contributed by atoms with E-state index in [4.69, 9.17) is 4.74 Å². The van der Waals surface area contributed by atoms with Crippen molar-refractivity contribution in [2.75, 3.05) is 14.2 Å². The summed E-state index contributed by atoms with van der Waals surface area (Å²) in [4.78, 5) is 14.5. The summed E-state index contributed by atoms with van der Waals surface area (Å²) in [6.45, 7) is 4.41. The normalized spacial score (nSPS) is 11.9. The van der Waals surface area contributed by atoms with E-state index < -0.39 is 0 Å². The summed E-state index contributed by atoms with van der Waals surface area (Å²) in [5, 5.41) is 12.2. The summed E-state index contributed by atoms with van der Waals surface area (Å²) >= 11 is 1.32. The van der Waals surface area contributed by atoms with Crippen molar-refractivity contribution < 1.29 is 9.53 Å². The highest BCUT2D eigenvalue weighted by Crippen LogP contribution is 2.29. The first-order valence-electron chi connectivity index (χ1n) is 8.88. The summed E-state index contributed by atoms with van der Waals surface area (Å²) in [5.41, 5.74) is 2.89. The van der Waals surface area contributed by atoms with Gasteiger partial charge >= 0.3 is 0 Å². The van der Waals surface area contributed by atoms with Crippen molar-refractivity contribution in [1.29, 1.82) is 0 Å². The molecule has 0 saturated heterocycles. The Morgan fingerprint density at radius 1 is 1.25 bits per heavy atom. The Kier molecular flexibility index (Phi) is 6.30. The molecule has 0 aliphatic heterocycles. The zero-order valence-electron chi connectivity index (χ0n) is 16.4. The summed E-state index contributed by atoms with van der Waals surface area (Å²) < 4.78 is 7.04. The van der Waals surface area contributed by atoms with Crippen LogP contribution in [0.3, 0.4) is 0 Å². The van der Waals surface area contributed by atoms with Gasteiger partial charge in [0.15, 0.2) is 0 Å². The number of thioether (sulfide) groups is 1. The van der Waals surface area contributed by atoms with Crippen LogP contribution in [0.1, 0.15) is 18.1 Å². The third kappa shape index (κ3) is 4.51. The smallest absolute Gasteiger partial charge is 0.235 e. The van der Waals surface area contributed by atoms with Crippen LogP contribution in [0.15, 0.2) is 53.7 Å². The first kappa shape index (κ1) is 19.9. The summed E-state index contributed by atoms with van der Waals surface area (Å²) in [6.07, 6.45) is 0. The summed E-state index contributed by atoms with van der Waals surface area (Å²) in [5.74, 6) is 0.680. The van der Waals surface area contributed by atoms with E-state index in [-0.39, 0.29) is 11.2 Å². The second-order valence-corrected chi connectivity index (χ2v) is 7.80. The number of hydrogen-bond donors (Lipinski definition) is 0. The quantitative estimate of drug-likeness (QED) is 0.571. The molecule has 0 aliphatic carbocycles. The van der Waals surface area contributed by atoms with Gasteiger partial charge in [-0.25, -0.2) is 0 Å². The molecular weight excluding hydrogens is 374 g/mol. The van der Waals surface area contributed by atoms with Crippen LogP contribution < -0.4 is 4.74 Å². The molecule has 0 aliphatic rings. The minimum absolute atomic E-state index is 0.0135. The fourth-order valence-electron chi connectivity index (χ4n) is 2.82. The molecule has 0 spiro atoms. The molecule has 3 rings (SSSR count). The van der Waals surface area contributed by atoms with Crippen molar-refractivity contribution in [3.63, 3.8) is 0 Å². The Morgan fingerprint density at radius 3 is 2.71 bits per heavy atom. The summed E-state index contributed by atoms with van der Waals surface area (Å²) in [6, 6.07) is 15.7. The molecule has 146 valence electrons. The molecule has 8 heteroatoms. The number of methoxy groups -OCH3 is 1. The average molecular weight is 398 g/mol. The lowest BCUT2D eigenvalue weighted by Gasteiger charge is -2.21. The van der Waals surface area contributed by atoms with Crippen LogP contribution >= 0.6 is 11.8 Å². The molecule has 7 nitrogen and oxygen atoms in total. The Labute approximate surface area is 168 Å². The monoisotopic (exact) mass is 397 g/mol. The van der Waals surface area contributed by atoms with E-state index in [0.29, 0.717) is 17.5 Å². The van der Waals surface area contributed by atoms with Crippen molar-refractivity contribution in [2.45, 2.75) is 30.8 Å². The van der Waals surface area contributed by atoms with Gasteiger partial charge in [0.05, 0.1) is 12.4 Å². The number of carbonyl (C=O) groups is 1. The van der Waals surface area contributed by atoms with Crippen LogP contribution in [-0.4, -0.2) is 50.4 Å². The SMILES string of the molecule is COc1ccc(C)cc1-n1nnnc1S[C@H](C)C(=O)N(C)Cc1ccccc1. The predicted molar refractivity (Wildman–Crippen MR) is 109 cm³/mol. The van der Waals surface area contributed by atoms with Crippen molar-refractivity contribution >= 4 is 17.7 Å². The van der Waals surface area contributed by atoms with E-state index in [1.54, 1.807) is 23.7 Å². The third-order valence-electron chi connectivity index (χ3n) is 4.27. The molecule has 0 bridgehead atoms. The van der Waals surface area contributed by atoms with Crippen LogP contribution in [0.25, 0.3) is 5.69 Å². The van der Waals surface area contributed by atoms with Gasteiger partial charge in [-0.2, -0.15) is 4.68 Å². The summed E-state index contributed by atoms with van der Waals surface area (Å²) in [7, 11) is 3.41. The molecule has 28 heavy (non-hydrogen) atoms. The Morgan fingerprint density at radius 2 is 2.00 bits per heavy atom. The van der Waals surface area contributed by atoms with Gasteiger partial charge in [-0.3, -0.25) is 4.79 Å². The number of hydrogen-bond acceptors (Lipinski definition) is 6. The highest BCUT2D eigenvalue weighted by molar-refractivity contribution is 8.00. The predicted octanol–water partition coefficient (Wildman–Crippen LogP) is 3.12. The fraction of sp³-hybridized carbons (Fsp3) is 0.300. The maximum absolute atomic E-state index is 12.8. The maximum Gasteiger partial charge on any atom is 0.235 e. The first-order valence-corrected chi connectivity index (χ1v) is 9.76. The Hall–Kier alpha value is -2.87. The molecule has 1 amide bonds. The van der Waals surface area contributed by atoms with Gasteiger partial charge in [0, 0.05) is 13.6 Å². The lowest BCUT2D eigenvalue weighted by atomic mass is 10.2. The van der Waals surface area contributed by atoms with Crippen molar-refractivity contribution in [1.82, 2.24) is 25.1 Å². The van der Waals surface area contributed by atoms with Crippen LogP contribution in [0.2, 0.25) is 0 Å². The number of carbonyl (C=O) groups excluding carboxylic acids is 1. The van der Waals surface area contributed by atoms with Gasteiger partial charge in [0.1, 0.15) is 11.4 Å². The molecule has 0 saturated carbocycles. The van der Waals surface area contributed by atoms with Gasteiger partial charge in [-0.15, -0.1) is 5.10 Å². The molecule has 1 heterocycles. The largest absolute Gasteiger partial charge is 0.494 e. The maximum atomic E-state index is 12.8. The molecule has 0 radical (unpaired) electrons. The van der Waals surface area contributed by atoms with E-state index >= 15 is 0 Å². The first-order chi connectivity index (χ1) is 13.5. The Balaban J connectivity index is 1.75. The molecule has 2 aromatic carbocycles. The van der Waals surface area contributed by atoms with E-state index in [1.807, 2.05) is 62.4 Å². The average Bonchev–Trinajstić information content (AvgIpc) is 3.15. The number of aromatic nitrogens is 4. The molecule has 1 atom stereocenters. The van der Waals surface area contributed by atoms with Crippen molar-refractivity contribution in [2.24, 2.45) is 0 Å². The minimum atomic E-state index is -0.339. The molecule has 0 N–H and O–H groups in total. The van der Waals surface area contributed by atoms with Crippen LogP contribution in [0, 0.1) is 6.92 Å². The van der Waals surface area contributed by atoms with Crippen molar-refractivity contribution in [3.8, 4) is 11.4 Å². The number of benzene rings is 2. The van der Waals surface area contributed by atoms with Crippen molar-refractivity contribution in [3.05, 3.63) is 59.7 Å². The van der Waals surface area contributed by atoms with Crippen LogP contribution in [0.4, 0.5) is 0 Å².